The zero-order chi connectivity index (χ0) is 37.0. The summed E-state index contributed by atoms with van der Waals surface area (Å²) in [6, 6.07) is 8.06. The lowest BCUT2D eigenvalue weighted by Crippen LogP contribution is -2.53. The summed E-state index contributed by atoms with van der Waals surface area (Å²) < 4.78 is 48.3. The molecule has 3 N–H and O–H groups in total. The van der Waals surface area contributed by atoms with E-state index >= 15 is 0 Å². The second-order valence-corrected chi connectivity index (χ2v) is 17.3. The second kappa shape index (κ2) is 22.9. The minimum absolute atomic E-state index is 0.0233. The number of hydrazone groups is 1. The number of carbonyl (C=O) groups excluding carboxylic acids is 3. The van der Waals surface area contributed by atoms with Gasteiger partial charge in [0.05, 0.1) is 25.9 Å². The quantitative estimate of drug-likeness (QED) is 0.0634. The van der Waals surface area contributed by atoms with E-state index in [2.05, 4.69) is 21.1 Å². The molecule has 3 amide bonds. The van der Waals surface area contributed by atoms with Gasteiger partial charge in [0.1, 0.15) is 12.6 Å². The van der Waals surface area contributed by atoms with Crippen molar-refractivity contribution >= 4 is 39.1 Å². The maximum Gasteiger partial charge on any atom is 0.408 e. The Morgan fingerprint density at radius 1 is 0.918 bits per heavy atom. The topological polar surface area (TPSA) is 174 Å². The van der Waals surface area contributed by atoms with Gasteiger partial charge in [-0.15, -0.1) is 0 Å². The smallest absolute Gasteiger partial charge is 0.408 e. The Bertz CT molecular complexity index is 1260. The Balaban J connectivity index is 2.86. The number of hydrogen-bond donors (Lipinski definition) is 3. The van der Waals surface area contributed by atoms with Crippen LogP contribution in [0.15, 0.2) is 35.4 Å². The van der Waals surface area contributed by atoms with Crippen molar-refractivity contribution in [2.75, 3.05) is 40.1 Å². The highest BCUT2D eigenvalue weighted by Crippen LogP contribution is 2.67. The standard InChI is InChI=1S/C33H59N5O9P2/c1-10-26(7)30(37-32(41)44-24-27-18-15-14-16-19-27)31(40)35-28(22-25(5)6)23-34-38(8)21-17-20-29(39)36-33(48(9,42)45-11-2)49(43,46-12-3)47-13-4/h14-16,18-19,23,25-26,28,30,33H,10-13,17,20-22,24H2,1-9H3,(H,35,40)(H,36,39)(H,37,41)/b34-23+/t26-,28+,30-,33?,48?/m0/s1. The lowest BCUT2D eigenvalue weighted by molar-refractivity contribution is -0.124. The summed E-state index contributed by atoms with van der Waals surface area (Å²) in [4.78, 5) is 38.9. The molecule has 16 heteroatoms. The van der Waals surface area contributed by atoms with Crippen molar-refractivity contribution in [3.8, 4) is 0 Å². The molecule has 0 saturated heterocycles. The van der Waals surface area contributed by atoms with Gasteiger partial charge in [0.2, 0.25) is 24.7 Å². The summed E-state index contributed by atoms with van der Waals surface area (Å²) in [7, 11) is -5.87. The Morgan fingerprint density at radius 2 is 1.53 bits per heavy atom. The highest BCUT2D eigenvalue weighted by molar-refractivity contribution is 7.74. The minimum atomic E-state index is -3.99. The number of hydrogen-bond acceptors (Lipinski definition) is 11. The first-order chi connectivity index (χ1) is 23.1. The fourth-order valence-electron chi connectivity index (χ4n) is 4.79. The first-order valence-electron chi connectivity index (χ1n) is 17.0. The first kappa shape index (κ1) is 44.3. The summed E-state index contributed by atoms with van der Waals surface area (Å²) >= 11 is 0. The lowest BCUT2D eigenvalue weighted by atomic mass is 9.97. The van der Waals surface area contributed by atoms with Crippen molar-refractivity contribution in [3.05, 3.63) is 35.9 Å². The van der Waals surface area contributed by atoms with E-state index in [1.165, 1.54) is 6.66 Å². The predicted molar refractivity (Wildman–Crippen MR) is 193 cm³/mol. The van der Waals surface area contributed by atoms with Crippen molar-refractivity contribution < 1.29 is 41.8 Å². The van der Waals surface area contributed by atoms with Crippen LogP contribution in [-0.2, 0) is 43.6 Å². The number of amides is 3. The van der Waals surface area contributed by atoms with Gasteiger partial charge in [-0.05, 0) is 51.0 Å². The SMILES string of the molecule is CCOP(C)(=O)C(NC(=O)CCCN(C)/N=C/[C@@H](CC(C)C)NC(=O)[C@@H](NC(=O)OCc1ccccc1)[C@@H](C)CC)P(=O)(OCC)OCC. The van der Waals surface area contributed by atoms with Gasteiger partial charge in [-0.2, -0.15) is 5.10 Å². The van der Waals surface area contributed by atoms with E-state index in [0.717, 1.165) is 5.56 Å². The maximum absolute atomic E-state index is 13.5. The predicted octanol–water partition coefficient (Wildman–Crippen LogP) is 6.17. The molecule has 0 heterocycles. The molecule has 0 aromatic heterocycles. The third-order valence-electron chi connectivity index (χ3n) is 7.40. The number of carbonyl (C=O) groups is 3. The molecule has 0 radical (unpaired) electrons. The molecule has 1 aromatic rings. The molecule has 5 atom stereocenters. The molecule has 1 rings (SSSR count). The molecule has 0 bridgehead atoms. The molecule has 49 heavy (non-hydrogen) atoms. The fraction of sp³-hybridized carbons (Fsp3) is 0.697. The molecule has 0 aliphatic heterocycles. The average molecular weight is 732 g/mol. The third kappa shape index (κ3) is 16.7. The summed E-state index contributed by atoms with van der Waals surface area (Å²) in [6.45, 7) is 14.7. The van der Waals surface area contributed by atoms with Gasteiger partial charge in [-0.25, -0.2) is 4.79 Å². The molecule has 14 nitrogen and oxygen atoms in total. The maximum atomic E-state index is 13.5. The third-order valence-corrected chi connectivity index (χ3v) is 13.3. The molecule has 1 aromatic carbocycles. The van der Waals surface area contributed by atoms with Crippen LogP contribution in [0.2, 0.25) is 0 Å². The molecule has 0 aliphatic carbocycles. The molecule has 0 aliphatic rings. The monoisotopic (exact) mass is 731 g/mol. The van der Waals surface area contributed by atoms with Crippen molar-refractivity contribution in [3.63, 3.8) is 0 Å². The van der Waals surface area contributed by atoms with Crippen LogP contribution in [0.5, 0.6) is 0 Å². The van der Waals surface area contributed by atoms with Crippen molar-refractivity contribution in [1.82, 2.24) is 21.0 Å². The summed E-state index contributed by atoms with van der Waals surface area (Å²) in [5, 5.41) is 14.5. The molecule has 0 saturated carbocycles. The summed E-state index contributed by atoms with van der Waals surface area (Å²) in [6.07, 6.45) is 2.63. The summed E-state index contributed by atoms with van der Waals surface area (Å²) in [5.74, 6) is -0.742. The molecule has 0 fully saturated rings. The Hall–Kier alpha value is -2.76. The molecule has 0 spiro atoms. The van der Waals surface area contributed by atoms with Gasteiger partial charge in [0.25, 0.3) is 0 Å². The highest BCUT2D eigenvalue weighted by Gasteiger charge is 2.47. The first-order valence-corrected chi connectivity index (χ1v) is 20.8. The molecule has 280 valence electrons. The van der Waals surface area contributed by atoms with Crippen molar-refractivity contribution in [2.24, 2.45) is 16.9 Å². The van der Waals surface area contributed by atoms with E-state index in [4.69, 9.17) is 18.3 Å². The Labute approximate surface area is 292 Å². The van der Waals surface area contributed by atoms with E-state index in [1.54, 1.807) is 39.0 Å². The molecular weight excluding hydrogens is 672 g/mol. The van der Waals surface area contributed by atoms with E-state index in [9.17, 15) is 23.5 Å². The fourth-order valence-corrected chi connectivity index (χ4v) is 9.85. The van der Waals surface area contributed by atoms with Crippen LogP contribution in [-0.4, -0.2) is 86.8 Å². The molecular formula is C33H59N5O9P2. The van der Waals surface area contributed by atoms with E-state index in [1.807, 2.05) is 58.0 Å². The number of nitrogens with zero attached hydrogens (tertiary/aromatic N) is 2. The number of rotatable bonds is 24. The normalized spacial score (nSPS) is 15.6. The van der Waals surface area contributed by atoms with Crippen molar-refractivity contribution in [1.29, 1.82) is 0 Å². The van der Waals surface area contributed by atoms with E-state index < -0.39 is 44.6 Å². The van der Waals surface area contributed by atoms with Crippen LogP contribution in [0, 0.1) is 11.8 Å². The van der Waals surface area contributed by atoms with E-state index in [0.29, 0.717) is 25.8 Å². The van der Waals surface area contributed by atoms with Gasteiger partial charge in [-0.3, -0.25) is 18.7 Å². The van der Waals surface area contributed by atoms with Gasteiger partial charge in [0, 0.05) is 32.9 Å². The van der Waals surface area contributed by atoms with Crippen LogP contribution >= 0.6 is 15.0 Å². The van der Waals surface area contributed by atoms with Crippen LogP contribution in [0.1, 0.15) is 79.7 Å². The van der Waals surface area contributed by atoms with Crippen molar-refractivity contribution in [2.45, 2.75) is 98.4 Å². The van der Waals surface area contributed by atoms with Gasteiger partial charge in [-0.1, -0.05) is 64.4 Å². The minimum Gasteiger partial charge on any atom is -0.445 e. The van der Waals surface area contributed by atoms with Crippen LogP contribution in [0.4, 0.5) is 4.79 Å². The number of alkyl carbamates (subject to hydrolysis) is 1. The van der Waals surface area contributed by atoms with E-state index in [-0.39, 0.29) is 50.6 Å². The van der Waals surface area contributed by atoms with Crippen LogP contribution in [0.3, 0.4) is 0 Å². The summed E-state index contributed by atoms with van der Waals surface area (Å²) in [5.41, 5.74) is -0.602. The number of nitrogens with one attached hydrogen (secondary N) is 3. The van der Waals surface area contributed by atoms with Crippen LogP contribution in [0.25, 0.3) is 0 Å². The van der Waals surface area contributed by atoms with Crippen LogP contribution < -0.4 is 16.0 Å². The lowest BCUT2D eigenvalue weighted by Gasteiger charge is -2.30. The Morgan fingerprint density at radius 3 is 2.08 bits per heavy atom. The highest BCUT2D eigenvalue weighted by atomic mass is 31.2. The zero-order valence-corrected chi connectivity index (χ0v) is 32.5. The zero-order valence-electron chi connectivity index (χ0n) is 30.7. The number of ether oxygens (including phenoxy) is 1. The van der Waals surface area contributed by atoms with Gasteiger partial charge >= 0.3 is 13.7 Å². The number of benzene rings is 1. The largest absolute Gasteiger partial charge is 0.445 e. The van der Waals surface area contributed by atoms with Gasteiger partial charge in [0.15, 0.2) is 0 Å². The molecule has 2 unspecified atom stereocenters. The Kier molecular flexibility index (Phi) is 20.6. The average Bonchev–Trinajstić information content (AvgIpc) is 3.04. The van der Waals surface area contributed by atoms with Gasteiger partial charge < -0.3 is 39.3 Å². The second-order valence-electron chi connectivity index (χ2n) is 12.2.